The summed E-state index contributed by atoms with van der Waals surface area (Å²) in [6.45, 7) is 2.83. The second kappa shape index (κ2) is 6.66. The van der Waals surface area contributed by atoms with Crippen molar-refractivity contribution < 1.29 is 9.59 Å². The molecule has 1 fully saturated rings. The van der Waals surface area contributed by atoms with Crippen LogP contribution in [0.4, 0.5) is 0 Å². The Bertz CT molecular complexity index is 782. The second-order valence-electron chi connectivity index (χ2n) is 5.70. The van der Waals surface area contributed by atoms with Crippen LogP contribution in [-0.4, -0.2) is 51.4 Å². The van der Waals surface area contributed by atoms with Crippen LogP contribution in [0, 0.1) is 0 Å². The van der Waals surface area contributed by atoms with E-state index in [1.54, 1.807) is 9.80 Å². The highest BCUT2D eigenvalue weighted by Crippen LogP contribution is 2.26. The third-order valence-corrected chi connectivity index (χ3v) is 4.15. The molecule has 0 saturated carbocycles. The summed E-state index contributed by atoms with van der Waals surface area (Å²) in [7, 11) is 0. The lowest BCUT2D eigenvalue weighted by Gasteiger charge is -2.41. The molecule has 1 N–H and O–H groups in total. The predicted molar refractivity (Wildman–Crippen MR) is 87.3 cm³/mol. The van der Waals surface area contributed by atoms with Crippen molar-refractivity contribution in [3.63, 3.8) is 0 Å². The number of nitrogens with zero attached hydrogens (tertiary/aromatic N) is 3. The van der Waals surface area contributed by atoms with Crippen molar-refractivity contribution in [1.82, 2.24) is 20.0 Å². The molecule has 0 aliphatic carbocycles. The standard InChI is InChI=1S/C17H18N4O3/c1-12(22)21-10-9-20(11-15(21)13-5-3-2-4-6-13)17(24)14-7-8-16(23)19-18-14/h2-8,15H,9-11H2,1H3,(H,19,23)/t15-/m1/s1. The first-order valence-electron chi connectivity index (χ1n) is 7.73. The number of carbonyl (C=O) groups is 2. The SMILES string of the molecule is CC(=O)N1CCN(C(=O)c2ccc(=O)[nH]n2)C[C@@H]1c1ccccc1. The minimum atomic E-state index is -0.352. The smallest absolute Gasteiger partial charge is 0.274 e. The summed E-state index contributed by atoms with van der Waals surface area (Å²) >= 11 is 0. The van der Waals surface area contributed by atoms with Crippen molar-refractivity contribution in [3.8, 4) is 0 Å². The maximum absolute atomic E-state index is 12.6. The van der Waals surface area contributed by atoms with Gasteiger partial charge in [-0.05, 0) is 11.6 Å². The lowest BCUT2D eigenvalue weighted by molar-refractivity contribution is -0.133. The number of benzene rings is 1. The number of aromatic nitrogens is 2. The minimum absolute atomic E-state index is 0.0156. The number of nitrogens with one attached hydrogen (secondary N) is 1. The van der Waals surface area contributed by atoms with E-state index in [4.69, 9.17) is 0 Å². The predicted octanol–water partition coefficient (Wildman–Crippen LogP) is 0.815. The maximum atomic E-state index is 12.6. The molecule has 1 aliphatic heterocycles. The molecule has 7 heteroatoms. The zero-order chi connectivity index (χ0) is 17.1. The van der Waals surface area contributed by atoms with Crippen LogP contribution in [0.3, 0.4) is 0 Å². The fourth-order valence-electron chi connectivity index (χ4n) is 2.93. The number of carbonyl (C=O) groups excluding carboxylic acids is 2. The summed E-state index contributed by atoms with van der Waals surface area (Å²) in [4.78, 5) is 39.1. The van der Waals surface area contributed by atoms with Crippen LogP contribution in [-0.2, 0) is 4.79 Å². The number of hydrogen-bond donors (Lipinski definition) is 1. The molecular weight excluding hydrogens is 308 g/mol. The van der Waals surface area contributed by atoms with E-state index in [2.05, 4.69) is 10.2 Å². The molecule has 0 spiro atoms. The highest BCUT2D eigenvalue weighted by atomic mass is 16.2. The van der Waals surface area contributed by atoms with Crippen LogP contribution < -0.4 is 5.56 Å². The zero-order valence-electron chi connectivity index (χ0n) is 13.3. The fraction of sp³-hybridized carbons (Fsp3) is 0.294. The van der Waals surface area contributed by atoms with Gasteiger partial charge < -0.3 is 9.80 Å². The molecule has 1 saturated heterocycles. The Balaban J connectivity index is 1.84. The Labute approximate surface area is 138 Å². The normalized spacial score (nSPS) is 17.6. The first-order chi connectivity index (χ1) is 11.6. The summed E-state index contributed by atoms with van der Waals surface area (Å²) in [6, 6.07) is 12.1. The highest BCUT2D eigenvalue weighted by molar-refractivity contribution is 5.92. The number of amides is 2. The van der Waals surface area contributed by atoms with Crippen LogP contribution >= 0.6 is 0 Å². The van der Waals surface area contributed by atoms with Gasteiger partial charge >= 0.3 is 0 Å². The molecule has 0 unspecified atom stereocenters. The first kappa shape index (κ1) is 15.9. The minimum Gasteiger partial charge on any atom is -0.333 e. The van der Waals surface area contributed by atoms with Crippen LogP contribution in [0.15, 0.2) is 47.3 Å². The third kappa shape index (κ3) is 3.19. The van der Waals surface area contributed by atoms with Gasteiger partial charge in [-0.1, -0.05) is 30.3 Å². The van der Waals surface area contributed by atoms with Crippen LogP contribution in [0.5, 0.6) is 0 Å². The molecule has 1 aromatic heterocycles. The van der Waals surface area contributed by atoms with Crippen molar-refractivity contribution in [1.29, 1.82) is 0 Å². The maximum Gasteiger partial charge on any atom is 0.274 e. The Kier molecular flexibility index (Phi) is 4.41. The topological polar surface area (TPSA) is 86.4 Å². The molecule has 7 nitrogen and oxygen atoms in total. The summed E-state index contributed by atoms with van der Waals surface area (Å²) in [6.07, 6.45) is 0. The van der Waals surface area contributed by atoms with E-state index in [1.165, 1.54) is 19.1 Å². The molecule has 1 aromatic carbocycles. The van der Waals surface area contributed by atoms with E-state index in [0.717, 1.165) is 5.56 Å². The average Bonchev–Trinajstić information content (AvgIpc) is 2.62. The van der Waals surface area contributed by atoms with E-state index >= 15 is 0 Å². The number of hydrogen-bond acceptors (Lipinski definition) is 4. The van der Waals surface area contributed by atoms with Gasteiger partial charge in [0.1, 0.15) is 5.69 Å². The van der Waals surface area contributed by atoms with Gasteiger partial charge in [0.25, 0.3) is 11.5 Å². The number of H-pyrrole nitrogens is 1. The quantitative estimate of drug-likeness (QED) is 0.885. The van der Waals surface area contributed by atoms with Crippen LogP contribution in [0.25, 0.3) is 0 Å². The zero-order valence-corrected chi connectivity index (χ0v) is 13.3. The van der Waals surface area contributed by atoms with E-state index in [-0.39, 0.29) is 29.1 Å². The molecule has 2 heterocycles. The third-order valence-electron chi connectivity index (χ3n) is 4.15. The number of rotatable bonds is 2. The van der Waals surface area contributed by atoms with Crippen LogP contribution in [0.2, 0.25) is 0 Å². The van der Waals surface area contributed by atoms with Crippen molar-refractivity contribution in [2.75, 3.05) is 19.6 Å². The van der Waals surface area contributed by atoms with Gasteiger partial charge in [0.15, 0.2) is 0 Å². The molecule has 0 radical (unpaired) electrons. The monoisotopic (exact) mass is 326 g/mol. The second-order valence-corrected chi connectivity index (χ2v) is 5.70. The summed E-state index contributed by atoms with van der Waals surface area (Å²) in [5.41, 5.74) is 0.826. The lowest BCUT2D eigenvalue weighted by atomic mass is 10.0. The Morgan fingerprint density at radius 1 is 1.12 bits per heavy atom. The lowest BCUT2D eigenvalue weighted by Crippen LogP contribution is -2.52. The van der Waals surface area contributed by atoms with Gasteiger partial charge in [0.2, 0.25) is 5.91 Å². The Hall–Kier alpha value is -2.96. The fourth-order valence-corrected chi connectivity index (χ4v) is 2.93. The highest BCUT2D eigenvalue weighted by Gasteiger charge is 2.32. The molecule has 24 heavy (non-hydrogen) atoms. The van der Waals surface area contributed by atoms with Gasteiger partial charge in [-0.25, -0.2) is 5.10 Å². The van der Waals surface area contributed by atoms with Gasteiger partial charge in [0.05, 0.1) is 6.04 Å². The van der Waals surface area contributed by atoms with E-state index < -0.39 is 0 Å². The van der Waals surface area contributed by atoms with Gasteiger partial charge in [0, 0.05) is 32.6 Å². The summed E-state index contributed by atoms with van der Waals surface area (Å²) in [5, 5.41) is 6.07. The molecule has 3 rings (SSSR count). The van der Waals surface area contributed by atoms with Crippen molar-refractivity contribution in [3.05, 3.63) is 64.1 Å². The molecule has 2 aromatic rings. The molecular formula is C17H18N4O3. The van der Waals surface area contributed by atoms with Crippen molar-refractivity contribution >= 4 is 11.8 Å². The van der Waals surface area contributed by atoms with Gasteiger partial charge in [-0.3, -0.25) is 14.4 Å². The molecule has 1 aliphatic rings. The van der Waals surface area contributed by atoms with E-state index in [0.29, 0.717) is 19.6 Å². The first-order valence-corrected chi connectivity index (χ1v) is 7.73. The number of aromatic amines is 1. The average molecular weight is 326 g/mol. The van der Waals surface area contributed by atoms with E-state index in [9.17, 15) is 14.4 Å². The molecule has 0 bridgehead atoms. The van der Waals surface area contributed by atoms with Gasteiger partial charge in [-0.2, -0.15) is 5.10 Å². The summed E-state index contributed by atoms with van der Waals surface area (Å²) < 4.78 is 0. The molecule has 2 amide bonds. The Morgan fingerprint density at radius 2 is 1.88 bits per heavy atom. The van der Waals surface area contributed by atoms with Crippen molar-refractivity contribution in [2.45, 2.75) is 13.0 Å². The molecule has 124 valence electrons. The van der Waals surface area contributed by atoms with Crippen LogP contribution in [0.1, 0.15) is 29.0 Å². The largest absolute Gasteiger partial charge is 0.333 e. The number of piperazine rings is 1. The van der Waals surface area contributed by atoms with Crippen molar-refractivity contribution in [2.24, 2.45) is 0 Å². The molecule has 1 atom stereocenters. The summed E-state index contributed by atoms with van der Waals surface area (Å²) in [5.74, 6) is -0.270. The van der Waals surface area contributed by atoms with E-state index in [1.807, 2.05) is 30.3 Å². The Morgan fingerprint density at radius 3 is 2.50 bits per heavy atom. The van der Waals surface area contributed by atoms with Gasteiger partial charge in [-0.15, -0.1) is 0 Å².